The second-order valence-corrected chi connectivity index (χ2v) is 6.60. The quantitative estimate of drug-likeness (QED) is 0.720. The van der Waals surface area contributed by atoms with Gasteiger partial charge in [-0.2, -0.15) is 0 Å². The van der Waals surface area contributed by atoms with E-state index in [0.29, 0.717) is 0 Å². The zero-order valence-electron chi connectivity index (χ0n) is 12.1. The third kappa shape index (κ3) is 3.16. The Balaban J connectivity index is 1.86. The highest BCUT2D eigenvalue weighted by Gasteiger charge is 2.34. The van der Waals surface area contributed by atoms with Gasteiger partial charge < -0.3 is 9.64 Å². The van der Waals surface area contributed by atoms with Crippen molar-refractivity contribution in [3.05, 3.63) is 0 Å². The number of ether oxygens (including phenoxy) is 1. The van der Waals surface area contributed by atoms with Crippen molar-refractivity contribution in [2.24, 2.45) is 0 Å². The molecule has 1 heterocycles. The summed E-state index contributed by atoms with van der Waals surface area (Å²) in [7, 11) is 0. The Hall–Kier alpha value is -0.770. The molecule has 2 rings (SSSR count). The van der Waals surface area contributed by atoms with Crippen LogP contribution in [0.2, 0.25) is 0 Å². The number of nitrogens with zero attached hydrogens (tertiary/aromatic N) is 2. The van der Waals surface area contributed by atoms with Crippen LogP contribution >= 0.6 is 0 Å². The molecule has 18 heavy (non-hydrogen) atoms. The van der Waals surface area contributed by atoms with Crippen LogP contribution in [0.5, 0.6) is 0 Å². The standard InChI is InChI=1S/C14H26N2O2/c1-11-10-15(12-6-5-7-12)8-9-16(11)13(17)18-14(2,3)4/h11-12H,5-10H2,1-4H3/t11-/m1/s1. The first-order chi connectivity index (χ1) is 8.37. The number of carbonyl (C=O) groups is 1. The molecule has 0 bridgehead atoms. The van der Waals surface area contributed by atoms with Gasteiger partial charge in [0.25, 0.3) is 0 Å². The fraction of sp³-hybridized carbons (Fsp3) is 0.929. The van der Waals surface area contributed by atoms with E-state index < -0.39 is 5.60 Å². The van der Waals surface area contributed by atoms with Crippen molar-refractivity contribution in [1.82, 2.24) is 9.80 Å². The maximum Gasteiger partial charge on any atom is 0.410 e. The Morgan fingerprint density at radius 2 is 1.89 bits per heavy atom. The molecule has 0 unspecified atom stereocenters. The van der Waals surface area contributed by atoms with Gasteiger partial charge in [-0.25, -0.2) is 4.79 Å². The zero-order valence-corrected chi connectivity index (χ0v) is 12.1. The van der Waals surface area contributed by atoms with Crippen molar-refractivity contribution < 1.29 is 9.53 Å². The van der Waals surface area contributed by atoms with Crippen LogP contribution in [0.25, 0.3) is 0 Å². The lowest BCUT2D eigenvalue weighted by Crippen LogP contribution is -2.58. The molecule has 4 nitrogen and oxygen atoms in total. The third-order valence-corrected chi connectivity index (χ3v) is 3.88. The summed E-state index contributed by atoms with van der Waals surface area (Å²) in [5, 5.41) is 0. The largest absolute Gasteiger partial charge is 0.444 e. The summed E-state index contributed by atoms with van der Waals surface area (Å²) < 4.78 is 5.45. The molecule has 0 radical (unpaired) electrons. The monoisotopic (exact) mass is 254 g/mol. The minimum Gasteiger partial charge on any atom is -0.444 e. The van der Waals surface area contributed by atoms with Crippen LogP contribution in [0.4, 0.5) is 4.79 Å². The second-order valence-electron chi connectivity index (χ2n) is 6.60. The molecular weight excluding hydrogens is 228 g/mol. The highest BCUT2D eigenvalue weighted by Crippen LogP contribution is 2.27. The molecule has 2 fully saturated rings. The Labute approximate surface area is 110 Å². The fourth-order valence-electron chi connectivity index (χ4n) is 2.66. The molecule has 104 valence electrons. The average molecular weight is 254 g/mol. The van der Waals surface area contributed by atoms with Crippen LogP contribution in [0.15, 0.2) is 0 Å². The van der Waals surface area contributed by atoms with Crippen molar-refractivity contribution in [2.75, 3.05) is 19.6 Å². The molecule has 0 aromatic carbocycles. The summed E-state index contributed by atoms with van der Waals surface area (Å²) in [6.45, 7) is 10.7. The Morgan fingerprint density at radius 1 is 1.22 bits per heavy atom. The van der Waals surface area contributed by atoms with E-state index >= 15 is 0 Å². The molecule has 0 aromatic rings. The van der Waals surface area contributed by atoms with E-state index in [1.54, 1.807) is 0 Å². The summed E-state index contributed by atoms with van der Waals surface area (Å²) in [5.74, 6) is 0. The first-order valence-electron chi connectivity index (χ1n) is 7.10. The number of hydrogen-bond donors (Lipinski definition) is 0. The minimum atomic E-state index is -0.401. The highest BCUT2D eigenvalue weighted by atomic mass is 16.6. The van der Waals surface area contributed by atoms with Gasteiger partial charge in [-0.1, -0.05) is 6.42 Å². The van der Waals surface area contributed by atoms with Gasteiger partial charge in [0.05, 0.1) is 0 Å². The Kier molecular flexibility index (Phi) is 3.85. The molecule has 1 aliphatic carbocycles. The molecule has 2 aliphatic rings. The van der Waals surface area contributed by atoms with Gasteiger partial charge in [0.15, 0.2) is 0 Å². The van der Waals surface area contributed by atoms with Crippen LogP contribution in [-0.4, -0.2) is 53.2 Å². The molecule has 1 saturated heterocycles. The van der Waals surface area contributed by atoms with Crippen LogP contribution in [0, 0.1) is 0 Å². The molecule has 1 atom stereocenters. The normalized spacial score (nSPS) is 26.9. The van der Waals surface area contributed by atoms with E-state index in [4.69, 9.17) is 4.74 Å². The predicted molar refractivity (Wildman–Crippen MR) is 71.6 cm³/mol. The van der Waals surface area contributed by atoms with Gasteiger partial charge in [-0.15, -0.1) is 0 Å². The molecule has 1 saturated carbocycles. The van der Waals surface area contributed by atoms with Crippen molar-refractivity contribution >= 4 is 6.09 Å². The van der Waals surface area contributed by atoms with Crippen LogP contribution in [0.3, 0.4) is 0 Å². The van der Waals surface area contributed by atoms with Gasteiger partial charge in [0.1, 0.15) is 5.60 Å². The number of hydrogen-bond acceptors (Lipinski definition) is 3. The lowest BCUT2D eigenvalue weighted by Gasteiger charge is -2.46. The third-order valence-electron chi connectivity index (χ3n) is 3.88. The summed E-state index contributed by atoms with van der Waals surface area (Å²) in [4.78, 5) is 16.5. The number of amides is 1. The number of rotatable bonds is 1. The topological polar surface area (TPSA) is 32.8 Å². The van der Waals surface area contributed by atoms with Gasteiger partial charge in [-0.3, -0.25) is 4.90 Å². The van der Waals surface area contributed by atoms with E-state index in [2.05, 4.69) is 11.8 Å². The fourth-order valence-corrected chi connectivity index (χ4v) is 2.66. The van der Waals surface area contributed by atoms with E-state index in [1.165, 1.54) is 19.3 Å². The maximum absolute atomic E-state index is 12.1. The first-order valence-corrected chi connectivity index (χ1v) is 7.10. The molecule has 0 spiro atoms. The first kappa shape index (κ1) is 13.7. The SMILES string of the molecule is C[C@@H]1CN(C2CCC2)CCN1C(=O)OC(C)(C)C. The van der Waals surface area contributed by atoms with Gasteiger partial charge in [-0.05, 0) is 40.5 Å². The predicted octanol–water partition coefficient (Wildman–Crippen LogP) is 2.48. The molecule has 1 amide bonds. The minimum absolute atomic E-state index is 0.164. The van der Waals surface area contributed by atoms with E-state index in [9.17, 15) is 4.79 Å². The second kappa shape index (κ2) is 5.08. The highest BCUT2D eigenvalue weighted by molar-refractivity contribution is 5.68. The molecule has 0 N–H and O–H groups in total. The van der Waals surface area contributed by atoms with E-state index in [-0.39, 0.29) is 12.1 Å². The van der Waals surface area contributed by atoms with Gasteiger partial charge in [0.2, 0.25) is 0 Å². The van der Waals surface area contributed by atoms with Crippen LogP contribution < -0.4 is 0 Å². The van der Waals surface area contributed by atoms with Gasteiger partial charge >= 0.3 is 6.09 Å². The molecular formula is C14H26N2O2. The van der Waals surface area contributed by atoms with Crippen molar-refractivity contribution in [2.45, 2.75) is 64.6 Å². The van der Waals surface area contributed by atoms with E-state index in [0.717, 1.165) is 25.7 Å². The van der Waals surface area contributed by atoms with Crippen molar-refractivity contribution in [3.8, 4) is 0 Å². The van der Waals surface area contributed by atoms with Crippen LogP contribution in [-0.2, 0) is 4.74 Å². The van der Waals surface area contributed by atoms with Crippen molar-refractivity contribution in [3.63, 3.8) is 0 Å². The maximum atomic E-state index is 12.1. The number of carbonyl (C=O) groups excluding carboxylic acids is 1. The lowest BCUT2D eigenvalue weighted by molar-refractivity contribution is -0.0110. The molecule has 0 aromatic heterocycles. The van der Waals surface area contributed by atoms with Crippen molar-refractivity contribution in [1.29, 1.82) is 0 Å². The average Bonchev–Trinajstić information content (AvgIpc) is 2.11. The van der Waals surface area contributed by atoms with Gasteiger partial charge in [0, 0.05) is 31.7 Å². The molecule has 1 aliphatic heterocycles. The summed E-state index contributed by atoms with van der Waals surface area (Å²) in [5.41, 5.74) is -0.401. The Bertz CT molecular complexity index is 307. The summed E-state index contributed by atoms with van der Waals surface area (Å²) >= 11 is 0. The van der Waals surface area contributed by atoms with E-state index in [1.807, 2.05) is 25.7 Å². The Morgan fingerprint density at radius 3 is 2.33 bits per heavy atom. The summed E-state index contributed by atoms with van der Waals surface area (Å²) in [6.07, 6.45) is 3.87. The molecule has 4 heteroatoms. The number of piperazine rings is 1. The summed E-state index contributed by atoms with van der Waals surface area (Å²) in [6, 6.07) is 1.03. The zero-order chi connectivity index (χ0) is 13.3. The smallest absolute Gasteiger partial charge is 0.410 e. The van der Waals surface area contributed by atoms with Crippen LogP contribution in [0.1, 0.15) is 47.0 Å². The lowest BCUT2D eigenvalue weighted by atomic mass is 9.90.